The van der Waals surface area contributed by atoms with Gasteiger partial charge < -0.3 is 10.1 Å². The molecule has 3 rings (SSSR count). The molecule has 9 heteroatoms. The summed E-state index contributed by atoms with van der Waals surface area (Å²) < 4.78 is 7.21. The van der Waals surface area contributed by atoms with Gasteiger partial charge in [-0.05, 0) is 25.0 Å². The average Bonchev–Trinajstić information content (AvgIpc) is 3.19. The van der Waals surface area contributed by atoms with E-state index in [0.29, 0.717) is 12.2 Å². The minimum absolute atomic E-state index is 0.0978. The number of carbonyl (C=O) groups is 1. The molecule has 1 unspecified atom stereocenters. The zero-order valence-electron chi connectivity index (χ0n) is 12.6. The van der Waals surface area contributed by atoms with Crippen molar-refractivity contribution in [3.63, 3.8) is 0 Å². The third kappa shape index (κ3) is 3.72. The molecule has 1 aliphatic heterocycles. The highest BCUT2D eigenvalue weighted by atomic mass is 35.5. The number of nitro groups is 1. The molecular formula is C15H15ClN4O4. The molecule has 2 heterocycles. The molecule has 24 heavy (non-hydrogen) atoms. The maximum absolute atomic E-state index is 12.3. The van der Waals surface area contributed by atoms with Crippen molar-refractivity contribution in [2.24, 2.45) is 0 Å². The first kappa shape index (κ1) is 16.4. The molecule has 1 N–H and O–H groups in total. The summed E-state index contributed by atoms with van der Waals surface area (Å²) in [4.78, 5) is 22.7. The molecule has 1 aromatic carbocycles. The minimum Gasteiger partial charge on any atom is -0.376 e. The maximum atomic E-state index is 12.3. The molecule has 8 nitrogen and oxygen atoms in total. The van der Waals surface area contributed by atoms with Gasteiger partial charge >= 0.3 is 0 Å². The topological polar surface area (TPSA) is 99.3 Å². The standard InChI is InChI=1S/C15H15ClN4O4/c16-10-3-4-14(20(22)23)13(6-10)15(21)18-11-7-17-19(8-11)9-12-2-1-5-24-12/h3-4,6-8,12H,1-2,5,9H2,(H,18,21). The van der Waals surface area contributed by atoms with Crippen LogP contribution in [0.25, 0.3) is 0 Å². The Hall–Kier alpha value is -2.45. The lowest BCUT2D eigenvalue weighted by atomic mass is 10.1. The monoisotopic (exact) mass is 350 g/mol. The van der Waals surface area contributed by atoms with Crippen LogP contribution in [0.5, 0.6) is 0 Å². The van der Waals surface area contributed by atoms with Gasteiger partial charge in [-0.3, -0.25) is 19.6 Å². The second-order valence-corrected chi connectivity index (χ2v) is 5.90. The zero-order valence-corrected chi connectivity index (χ0v) is 13.4. The van der Waals surface area contributed by atoms with Crippen molar-refractivity contribution in [2.75, 3.05) is 11.9 Å². The molecule has 1 saturated heterocycles. The van der Waals surface area contributed by atoms with E-state index >= 15 is 0 Å². The highest BCUT2D eigenvalue weighted by Gasteiger charge is 2.21. The Kier molecular flexibility index (Phi) is 4.77. The van der Waals surface area contributed by atoms with Crippen molar-refractivity contribution in [1.82, 2.24) is 9.78 Å². The second-order valence-electron chi connectivity index (χ2n) is 5.46. The molecule has 0 saturated carbocycles. The van der Waals surface area contributed by atoms with Crippen LogP contribution < -0.4 is 5.32 Å². The van der Waals surface area contributed by atoms with Crippen molar-refractivity contribution in [3.05, 3.63) is 51.3 Å². The summed E-state index contributed by atoms with van der Waals surface area (Å²) in [6, 6.07) is 3.85. The van der Waals surface area contributed by atoms with Crippen LogP contribution in [0, 0.1) is 10.1 Å². The summed E-state index contributed by atoms with van der Waals surface area (Å²) in [5.74, 6) is -0.610. The number of anilines is 1. The number of amides is 1. The van der Waals surface area contributed by atoms with Gasteiger partial charge in [0.25, 0.3) is 11.6 Å². The van der Waals surface area contributed by atoms with Gasteiger partial charge in [-0.1, -0.05) is 11.6 Å². The molecule has 0 bridgehead atoms. The number of hydrogen-bond donors (Lipinski definition) is 1. The number of ether oxygens (including phenoxy) is 1. The third-order valence-electron chi connectivity index (χ3n) is 3.71. The summed E-state index contributed by atoms with van der Waals surface area (Å²) >= 11 is 5.83. The molecule has 0 radical (unpaired) electrons. The van der Waals surface area contributed by atoms with E-state index in [-0.39, 0.29) is 22.4 Å². The van der Waals surface area contributed by atoms with Gasteiger partial charge in [-0.15, -0.1) is 0 Å². The molecule has 2 aromatic rings. The number of nitrogens with one attached hydrogen (secondary N) is 1. The van der Waals surface area contributed by atoms with Crippen LogP contribution in [0.2, 0.25) is 5.02 Å². The maximum Gasteiger partial charge on any atom is 0.282 e. The van der Waals surface area contributed by atoms with E-state index in [0.717, 1.165) is 19.4 Å². The van der Waals surface area contributed by atoms with Crippen LogP contribution >= 0.6 is 11.6 Å². The average molecular weight is 351 g/mol. The molecular weight excluding hydrogens is 336 g/mol. The smallest absolute Gasteiger partial charge is 0.282 e. The Balaban J connectivity index is 1.72. The number of benzene rings is 1. The van der Waals surface area contributed by atoms with E-state index in [2.05, 4.69) is 10.4 Å². The largest absolute Gasteiger partial charge is 0.376 e. The predicted octanol–water partition coefficient (Wildman–Crippen LogP) is 2.88. The predicted molar refractivity (Wildman–Crippen MR) is 87.3 cm³/mol. The summed E-state index contributed by atoms with van der Waals surface area (Å²) in [7, 11) is 0. The van der Waals surface area contributed by atoms with E-state index < -0.39 is 10.8 Å². The van der Waals surface area contributed by atoms with Gasteiger partial charge in [0.05, 0.1) is 29.5 Å². The van der Waals surface area contributed by atoms with E-state index in [1.54, 1.807) is 10.9 Å². The lowest BCUT2D eigenvalue weighted by Crippen LogP contribution is -2.15. The Morgan fingerprint density at radius 1 is 1.54 bits per heavy atom. The Morgan fingerprint density at radius 3 is 3.08 bits per heavy atom. The zero-order chi connectivity index (χ0) is 17.1. The number of aromatic nitrogens is 2. The molecule has 0 spiro atoms. The van der Waals surface area contributed by atoms with E-state index in [9.17, 15) is 14.9 Å². The number of nitro benzene ring substituents is 1. The summed E-state index contributed by atoms with van der Waals surface area (Å²) in [5, 5.41) is 18.1. The quantitative estimate of drug-likeness (QED) is 0.660. The molecule has 0 aliphatic carbocycles. The second kappa shape index (κ2) is 6.98. The first-order chi connectivity index (χ1) is 11.5. The van der Waals surface area contributed by atoms with Gasteiger partial charge in [0.2, 0.25) is 0 Å². The van der Waals surface area contributed by atoms with Crippen LogP contribution in [0.4, 0.5) is 11.4 Å². The van der Waals surface area contributed by atoms with Gasteiger partial charge in [0.15, 0.2) is 0 Å². The molecule has 1 amide bonds. The number of carbonyl (C=O) groups excluding carboxylic acids is 1. The fourth-order valence-electron chi connectivity index (χ4n) is 2.57. The normalized spacial score (nSPS) is 17.0. The van der Waals surface area contributed by atoms with Gasteiger partial charge in [-0.25, -0.2) is 0 Å². The van der Waals surface area contributed by atoms with Crippen molar-refractivity contribution in [3.8, 4) is 0 Å². The van der Waals surface area contributed by atoms with Crippen molar-refractivity contribution >= 4 is 28.9 Å². The van der Waals surface area contributed by atoms with E-state index in [4.69, 9.17) is 16.3 Å². The van der Waals surface area contributed by atoms with Crippen LogP contribution in [-0.4, -0.2) is 33.3 Å². The minimum atomic E-state index is -0.619. The van der Waals surface area contributed by atoms with Crippen LogP contribution in [-0.2, 0) is 11.3 Å². The van der Waals surface area contributed by atoms with Crippen molar-refractivity contribution in [2.45, 2.75) is 25.5 Å². The first-order valence-corrected chi connectivity index (χ1v) is 7.80. The lowest BCUT2D eigenvalue weighted by Gasteiger charge is -2.08. The fraction of sp³-hybridized carbons (Fsp3) is 0.333. The van der Waals surface area contributed by atoms with Crippen LogP contribution in [0.15, 0.2) is 30.6 Å². The van der Waals surface area contributed by atoms with Crippen molar-refractivity contribution in [1.29, 1.82) is 0 Å². The number of hydrogen-bond acceptors (Lipinski definition) is 5. The van der Waals surface area contributed by atoms with Gasteiger partial charge in [0.1, 0.15) is 5.56 Å². The first-order valence-electron chi connectivity index (χ1n) is 7.42. The Bertz CT molecular complexity index is 771. The molecule has 1 fully saturated rings. The van der Waals surface area contributed by atoms with Crippen molar-refractivity contribution < 1.29 is 14.5 Å². The lowest BCUT2D eigenvalue weighted by molar-refractivity contribution is -0.385. The van der Waals surface area contributed by atoms with E-state index in [1.165, 1.54) is 24.4 Å². The Morgan fingerprint density at radius 2 is 2.38 bits per heavy atom. The third-order valence-corrected chi connectivity index (χ3v) is 3.94. The highest BCUT2D eigenvalue weighted by Crippen LogP contribution is 2.24. The molecule has 1 aliphatic rings. The molecule has 1 atom stereocenters. The summed E-state index contributed by atoms with van der Waals surface area (Å²) in [6.45, 7) is 1.36. The molecule has 1 aromatic heterocycles. The molecule has 126 valence electrons. The summed E-state index contributed by atoms with van der Waals surface area (Å²) in [5.41, 5.74) is 0.0512. The number of rotatable bonds is 5. The Labute approximate surface area is 142 Å². The van der Waals surface area contributed by atoms with Crippen LogP contribution in [0.3, 0.4) is 0 Å². The summed E-state index contributed by atoms with van der Waals surface area (Å²) in [6.07, 6.45) is 5.30. The SMILES string of the molecule is O=C(Nc1cnn(CC2CCCO2)c1)c1cc(Cl)ccc1[N+](=O)[O-]. The fourth-order valence-corrected chi connectivity index (χ4v) is 2.74. The number of halogens is 1. The highest BCUT2D eigenvalue weighted by molar-refractivity contribution is 6.31. The van der Waals surface area contributed by atoms with Gasteiger partial charge in [-0.2, -0.15) is 5.10 Å². The van der Waals surface area contributed by atoms with Crippen LogP contribution in [0.1, 0.15) is 23.2 Å². The number of nitrogens with zero attached hydrogens (tertiary/aromatic N) is 3. The van der Waals surface area contributed by atoms with E-state index in [1.807, 2.05) is 0 Å². The van der Waals surface area contributed by atoms with Gasteiger partial charge in [0, 0.05) is 23.9 Å².